The molecule has 0 bridgehead atoms. The number of nitrogens with one attached hydrogen (secondary N) is 1. The number of carbonyl (C=O) groups excluding carboxylic acids is 2. The van der Waals surface area contributed by atoms with Crippen LogP contribution in [0.25, 0.3) is 0 Å². The van der Waals surface area contributed by atoms with Gasteiger partial charge in [0.25, 0.3) is 0 Å². The second-order valence-electron chi connectivity index (χ2n) is 6.25. The third-order valence-electron chi connectivity index (χ3n) is 3.90. The minimum Gasteiger partial charge on any atom is -0.466 e. The molecule has 0 rings (SSSR count). The maximum Gasteiger partial charge on any atom is 0.305 e. The fraction of sp³-hybridized carbons (Fsp3) is 0.895. The molecule has 0 aliphatic heterocycles. The molecule has 0 aromatic carbocycles. The van der Waals surface area contributed by atoms with E-state index in [0.717, 1.165) is 25.7 Å². The van der Waals surface area contributed by atoms with Gasteiger partial charge in [-0.15, -0.1) is 0 Å². The van der Waals surface area contributed by atoms with E-state index in [-0.39, 0.29) is 11.9 Å². The second kappa shape index (κ2) is 17.3. The first-order chi connectivity index (χ1) is 11.2. The highest BCUT2D eigenvalue weighted by Gasteiger charge is 2.03. The highest BCUT2D eigenvalue weighted by atomic mass is 16.5. The van der Waals surface area contributed by atoms with Crippen molar-refractivity contribution in [2.24, 2.45) is 0 Å². The van der Waals surface area contributed by atoms with Gasteiger partial charge >= 0.3 is 5.97 Å². The van der Waals surface area contributed by atoms with Crippen molar-refractivity contribution in [3.05, 3.63) is 0 Å². The molecule has 0 atom stereocenters. The van der Waals surface area contributed by atoms with Crippen molar-refractivity contribution < 1.29 is 14.3 Å². The van der Waals surface area contributed by atoms with Crippen molar-refractivity contribution in [2.45, 2.75) is 97.3 Å². The Balaban J connectivity index is 3.30. The van der Waals surface area contributed by atoms with Crippen molar-refractivity contribution in [1.29, 1.82) is 0 Å². The SMILES string of the molecule is CCCCCCCC(=O)NCCCOC(=O)CCCCCCC. The summed E-state index contributed by atoms with van der Waals surface area (Å²) in [6, 6.07) is 0. The van der Waals surface area contributed by atoms with E-state index in [4.69, 9.17) is 4.74 Å². The fourth-order valence-corrected chi connectivity index (χ4v) is 2.41. The van der Waals surface area contributed by atoms with Gasteiger partial charge in [0.1, 0.15) is 0 Å². The molecule has 0 saturated heterocycles. The number of esters is 1. The normalized spacial score (nSPS) is 10.5. The topological polar surface area (TPSA) is 55.4 Å². The van der Waals surface area contributed by atoms with Crippen molar-refractivity contribution in [2.75, 3.05) is 13.2 Å². The lowest BCUT2D eigenvalue weighted by atomic mass is 10.1. The number of carbonyl (C=O) groups is 2. The lowest BCUT2D eigenvalue weighted by molar-refractivity contribution is -0.143. The van der Waals surface area contributed by atoms with Crippen molar-refractivity contribution in [3.8, 4) is 0 Å². The molecule has 0 aromatic rings. The van der Waals surface area contributed by atoms with Gasteiger partial charge in [0.2, 0.25) is 5.91 Å². The summed E-state index contributed by atoms with van der Waals surface area (Å²) in [4.78, 5) is 23.1. The molecule has 4 heteroatoms. The molecule has 0 aromatic heterocycles. The molecule has 0 aliphatic carbocycles. The largest absolute Gasteiger partial charge is 0.466 e. The van der Waals surface area contributed by atoms with E-state index in [1.54, 1.807) is 0 Å². The predicted molar refractivity (Wildman–Crippen MR) is 95.3 cm³/mol. The van der Waals surface area contributed by atoms with Gasteiger partial charge < -0.3 is 10.1 Å². The number of amides is 1. The minimum absolute atomic E-state index is 0.108. The average Bonchev–Trinajstić information content (AvgIpc) is 2.54. The van der Waals surface area contributed by atoms with Crippen molar-refractivity contribution >= 4 is 11.9 Å². The van der Waals surface area contributed by atoms with Gasteiger partial charge in [0.05, 0.1) is 6.61 Å². The summed E-state index contributed by atoms with van der Waals surface area (Å²) in [6.07, 6.45) is 13.3. The van der Waals surface area contributed by atoms with Gasteiger partial charge in [-0.1, -0.05) is 65.2 Å². The Morgan fingerprint density at radius 3 is 1.91 bits per heavy atom. The number of unbranched alkanes of at least 4 members (excludes halogenated alkanes) is 8. The van der Waals surface area contributed by atoms with Crippen LogP contribution in [0.4, 0.5) is 0 Å². The zero-order valence-electron chi connectivity index (χ0n) is 15.3. The summed E-state index contributed by atoms with van der Waals surface area (Å²) in [5.41, 5.74) is 0. The van der Waals surface area contributed by atoms with Gasteiger partial charge in [-0.05, 0) is 19.3 Å². The second-order valence-corrected chi connectivity index (χ2v) is 6.25. The summed E-state index contributed by atoms with van der Waals surface area (Å²) < 4.78 is 5.17. The molecule has 136 valence electrons. The molecule has 0 heterocycles. The molecular weight excluding hydrogens is 290 g/mol. The molecule has 1 N–H and O–H groups in total. The van der Waals surface area contributed by atoms with E-state index in [2.05, 4.69) is 19.2 Å². The van der Waals surface area contributed by atoms with E-state index in [1.165, 1.54) is 38.5 Å². The summed E-state index contributed by atoms with van der Waals surface area (Å²) in [7, 11) is 0. The summed E-state index contributed by atoms with van der Waals surface area (Å²) >= 11 is 0. The highest BCUT2D eigenvalue weighted by molar-refractivity contribution is 5.75. The maximum absolute atomic E-state index is 11.6. The summed E-state index contributed by atoms with van der Waals surface area (Å²) in [6.45, 7) is 5.37. The first kappa shape index (κ1) is 21.9. The maximum atomic E-state index is 11.6. The Labute approximate surface area is 142 Å². The third kappa shape index (κ3) is 17.1. The van der Waals surface area contributed by atoms with Crippen molar-refractivity contribution in [1.82, 2.24) is 5.32 Å². The van der Waals surface area contributed by atoms with Crippen LogP contribution in [0.1, 0.15) is 97.3 Å². The molecule has 0 radical (unpaired) electrons. The van der Waals surface area contributed by atoms with Crippen molar-refractivity contribution in [3.63, 3.8) is 0 Å². The molecule has 23 heavy (non-hydrogen) atoms. The molecule has 0 spiro atoms. The predicted octanol–water partition coefficient (Wildman–Crippen LogP) is 4.76. The van der Waals surface area contributed by atoms with E-state index in [9.17, 15) is 9.59 Å². The number of hydrogen-bond acceptors (Lipinski definition) is 3. The van der Waals surface area contributed by atoms with Crippen LogP contribution in [-0.2, 0) is 14.3 Å². The Morgan fingerprint density at radius 1 is 0.739 bits per heavy atom. The number of hydrogen-bond donors (Lipinski definition) is 1. The van der Waals surface area contributed by atoms with Crippen LogP contribution < -0.4 is 5.32 Å². The zero-order chi connectivity index (χ0) is 17.2. The van der Waals surface area contributed by atoms with E-state index in [1.807, 2.05) is 0 Å². The van der Waals surface area contributed by atoms with E-state index in [0.29, 0.717) is 32.4 Å². The first-order valence-electron chi connectivity index (χ1n) is 9.63. The molecule has 0 fully saturated rings. The van der Waals surface area contributed by atoms with Crippen LogP contribution in [0.15, 0.2) is 0 Å². The lowest BCUT2D eigenvalue weighted by Crippen LogP contribution is -2.25. The lowest BCUT2D eigenvalue weighted by Gasteiger charge is -2.07. The zero-order valence-corrected chi connectivity index (χ0v) is 15.3. The van der Waals surface area contributed by atoms with Crippen LogP contribution in [-0.4, -0.2) is 25.0 Å². The Bertz CT molecular complexity index is 264. The average molecular weight is 328 g/mol. The standard InChI is InChI=1S/C19H37NO3/c1-3-5-7-9-11-14-18(21)20-16-13-17-23-19(22)15-12-10-8-6-4-2/h3-17H2,1-2H3,(H,20,21). The van der Waals surface area contributed by atoms with Crippen LogP contribution >= 0.6 is 0 Å². The Kier molecular flexibility index (Phi) is 16.5. The highest BCUT2D eigenvalue weighted by Crippen LogP contribution is 2.06. The third-order valence-corrected chi connectivity index (χ3v) is 3.90. The fourth-order valence-electron chi connectivity index (χ4n) is 2.41. The van der Waals surface area contributed by atoms with Gasteiger partial charge in [-0.25, -0.2) is 0 Å². The molecular formula is C19H37NO3. The van der Waals surface area contributed by atoms with Gasteiger partial charge in [0.15, 0.2) is 0 Å². The smallest absolute Gasteiger partial charge is 0.305 e. The monoisotopic (exact) mass is 327 g/mol. The Morgan fingerprint density at radius 2 is 1.30 bits per heavy atom. The van der Waals surface area contributed by atoms with Gasteiger partial charge in [-0.2, -0.15) is 0 Å². The molecule has 0 unspecified atom stereocenters. The van der Waals surface area contributed by atoms with Gasteiger partial charge in [0, 0.05) is 19.4 Å². The van der Waals surface area contributed by atoms with Crippen LogP contribution in [0, 0.1) is 0 Å². The minimum atomic E-state index is -0.108. The van der Waals surface area contributed by atoms with Crippen LogP contribution in [0.5, 0.6) is 0 Å². The molecule has 4 nitrogen and oxygen atoms in total. The van der Waals surface area contributed by atoms with Gasteiger partial charge in [-0.3, -0.25) is 9.59 Å². The number of rotatable bonds is 16. The van der Waals surface area contributed by atoms with Crippen LogP contribution in [0.3, 0.4) is 0 Å². The van der Waals surface area contributed by atoms with Crippen LogP contribution in [0.2, 0.25) is 0 Å². The molecule has 0 saturated carbocycles. The quantitative estimate of drug-likeness (QED) is 0.328. The Hall–Kier alpha value is -1.06. The molecule has 1 amide bonds. The number of ether oxygens (including phenoxy) is 1. The van der Waals surface area contributed by atoms with E-state index < -0.39 is 0 Å². The van der Waals surface area contributed by atoms with E-state index >= 15 is 0 Å². The summed E-state index contributed by atoms with van der Waals surface area (Å²) in [5.74, 6) is 0.00694. The molecule has 0 aliphatic rings. The summed E-state index contributed by atoms with van der Waals surface area (Å²) in [5, 5.41) is 2.88. The first-order valence-corrected chi connectivity index (χ1v) is 9.63.